The van der Waals surface area contributed by atoms with Crippen LogP contribution in [0.2, 0.25) is 0 Å². The van der Waals surface area contributed by atoms with Gasteiger partial charge in [-0.1, -0.05) is 12.3 Å². The van der Waals surface area contributed by atoms with Gasteiger partial charge < -0.3 is 4.74 Å². The summed E-state index contributed by atoms with van der Waals surface area (Å²) in [4.78, 5) is 11.7. The van der Waals surface area contributed by atoms with Crippen LogP contribution in [0.1, 0.15) is 38.5 Å². The molecule has 2 nitrogen and oxygen atoms in total. The lowest BCUT2D eigenvalue weighted by Gasteiger charge is -2.34. The van der Waals surface area contributed by atoms with E-state index in [2.05, 4.69) is 5.92 Å². The quantitative estimate of drug-likeness (QED) is 0.470. The van der Waals surface area contributed by atoms with Crippen molar-refractivity contribution in [1.29, 1.82) is 0 Å². The fourth-order valence-electron chi connectivity index (χ4n) is 3.18. The topological polar surface area (TPSA) is 26.3 Å². The maximum absolute atomic E-state index is 11.7. The van der Waals surface area contributed by atoms with Crippen LogP contribution in [0.3, 0.4) is 0 Å². The number of fused-ring (bicyclic) bond motifs is 2. The van der Waals surface area contributed by atoms with Gasteiger partial charge in [-0.05, 0) is 32.1 Å². The van der Waals surface area contributed by atoms with Gasteiger partial charge in [0.05, 0.1) is 12.5 Å². The van der Waals surface area contributed by atoms with Crippen molar-refractivity contribution in [3.63, 3.8) is 0 Å². The standard InChI is InChI=1S/C12H16O2/c1-3-11-5-4-6-12(9-11,8-7-11)10(13)14-2/h1H,4-9H2,2H3. The summed E-state index contributed by atoms with van der Waals surface area (Å²) in [5.74, 6) is 2.86. The molecule has 2 bridgehead atoms. The molecule has 2 aliphatic carbocycles. The minimum atomic E-state index is -0.237. The molecule has 0 spiro atoms. The summed E-state index contributed by atoms with van der Waals surface area (Å²) in [5, 5.41) is 0. The van der Waals surface area contributed by atoms with E-state index in [-0.39, 0.29) is 16.8 Å². The first-order valence-corrected chi connectivity index (χ1v) is 5.23. The molecule has 2 rings (SSSR count). The van der Waals surface area contributed by atoms with Crippen molar-refractivity contribution in [3.8, 4) is 12.3 Å². The van der Waals surface area contributed by atoms with Crippen LogP contribution in [0, 0.1) is 23.2 Å². The number of carbonyl (C=O) groups excluding carboxylic acids is 1. The molecule has 0 saturated heterocycles. The van der Waals surface area contributed by atoms with Crippen LogP contribution >= 0.6 is 0 Å². The van der Waals surface area contributed by atoms with Crippen LogP contribution in [0.5, 0.6) is 0 Å². The molecule has 76 valence electrons. The van der Waals surface area contributed by atoms with Crippen LogP contribution in [-0.2, 0) is 9.53 Å². The number of esters is 1. The van der Waals surface area contributed by atoms with Crippen molar-refractivity contribution in [2.24, 2.45) is 10.8 Å². The van der Waals surface area contributed by atoms with Crippen LogP contribution < -0.4 is 0 Å². The Kier molecular flexibility index (Phi) is 2.06. The second kappa shape index (κ2) is 3.02. The van der Waals surface area contributed by atoms with Gasteiger partial charge in [-0.3, -0.25) is 4.79 Å². The summed E-state index contributed by atoms with van der Waals surface area (Å²) in [5.41, 5.74) is -0.230. The molecule has 2 atom stereocenters. The highest BCUT2D eigenvalue weighted by Gasteiger charge is 2.54. The molecule has 0 heterocycles. The van der Waals surface area contributed by atoms with Gasteiger partial charge in [-0.15, -0.1) is 6.42 Å². The molecular formula is C12H16O2. The normalized spacial score (nSPS) is 40.3. The Hall–Kier alpha value is -0.970. The number of ether oxygens (including phenoxy) is 1. The summed E-state index contributed by atoms with van der Waals surface area (Å²) in [6, 6.07) is 0. The zero-order valence-corrected chi connectivity index (χ0v) is 8.64. The maximum Gasteiger partial charge on any atom is 0.311 e. The highest BCUT2D eigenvalue weighted by molar-refractivity contribution is 5.77. The SMILES string of the molecule is C#CC12CCCC(C(=O)OC)(CC1)C2. The molecule has 2 fully saturated rings. The van der Waals surface area contributed by atoms with Crippen molar-refractivity contribution in [1.82, 2.24) is 0 Å². The van der Waals surface area contributed by atoms with E-state index in [1.165, 1.54) is 7.11 Å². The first-order chi connectivity index (χ1) is 6.66. The molecule has 14 heavy (non-hydrogen) atoms. The molecule has 0 aliphatic heterocycles. The molecule has 0 N–H and O–H groups in total. The predicted octanol–water partition coefficient (Wildman–Crippen LogP) is 2.13. The number of hydrogen-bond acceptors (Lipinski definition) is 2. The highest BCUT2D eigenvalue weighted by atomic mass is 16.5. The second-order valence-electron chi connectivity index (χ2n) is 4.73. The maximum atomic E-state index is 11.7. The molecule has 0 aromatic rings. The van der Waals surface area contributed by atoms with Gasteiger partial charge in [0.15, 0.2) is 0 Å². The van der Waals surface area contributed by atoms with E-state index >= 15 is 0 Å². The molecule has 0 radical (unpaired) electrons. The van der Waals surface area contributed by atoms with Crippen LogP contribution in [0.4, 0.5) is 0 Å². The average Bonchev–Trinajstić information content (AvgIpc) is 2.51. The van der Waals surface area contributed by atoms with E-state index in [4.69, 9.17) is 11.2 Å². The zero-order valence-electron chi connectivity index (χ0n) is 8.64. The minimum Gasteiger partial charge on any atom is -0.469 e. The van der Waals surface area contributed by atoms with E-state index in [0.717, 1.165) is 38.5 Å². The van der Waals surface area contributed by atoms with Gasteiger partial charge >= 0.3 is 5.97 Å². The van der Waals surface area contributed by atoms with Crippen LogP contribution in [0.15, 0.2) is 0 Å². The lowest BCUT2D eigenvalue weighted by atomic mass is 9.69. The Balaban J connectivity index is 2.26. The number of methoxy groups -OCH3 is 1. The Morgan fingerprint density at radius 3 is 2.79 bits per heavy atom. The third-order valence-corrected chi connectivity index (χ3v) is 3.99. The van der Waals surface area contributed by atoms with Gasteiger partial charge in [-0.2, -0.15) is 0 Å². The number of terminal acetylenes is 1. The predicted molar refractivity (Wildman–Crippen MR) is 53.4 cm³/mol. The summed E-state index contributed by atoms with van der Waals surface area (Å²) >= 11 is 0. The summed E-state index contributed by atoms with van der Waals surface area (Å²) in [6.45, 7) is 0. The smallest absolute Gasteiger partial charge is 0.311 e. The molecule has 2 heteroatoms. The van der Waals surface area contributed by atoms with Gasteiger partial charge in [0, 0.05) is 5.41 Å². The molecule has 2 saturated carbocycles. The van der Waals surface area contributed by atoms with Crippen molar-refractivity contribution >= 4 is 5.97 Å². The van der Waals surface area contributed by atoms with Crippen molar-refractivity contribution in [3.05, 3.63) is 0 Å². The van der Waals surface area contributed by atoms with Crippen molar-refractivity contribution in [2.75, 3.05) is 7.11 Å². The fraction of sp³-hybridized carbons (Fsp3) is 0.750. The zero-order chi connectivity index (χ0) is 10.2. The molecule has 0 aromatic carbocycles. The first kappa shape index (κ1) is 9.58. The number of rotatable bonds is 1. The first-order valence-electron chi connectivity index (χ1n) is 5.23. The average molecular weight is 192 g/mol. The minimum absolute atomic E-state index is 0.00639. The monoisotopic (exact) mass is 192 g/mol. The Bertz CT molecular complexity index is 302. The second-order valence-corrected chi connectivity index (χ2v) is 4.73. The van der Waals surface area contributed by atoms with E-state index < -0.39 is 0 Å². The third-order valence-electron chi connectivity index (χ3n) is 3.99. The Morgan fingerprint density at radius 1 is 1.36 bits per heavy atom. The van der Waals surface area contributed by atoms with E-state index in [1.807, 2.05) is 0 Å². The van der Waals surface area contributed by atoms with Gasteiger partial charge in [0.2, 0.25) is 0 Å². The summed E-state index contributed by atoms with van der Waals surface area (Å²) < 4.78 is 4.89. The lowest BCUT2D eigenvalue weighted by Crippen LogP contribution is -2.34. The summed E-state index contributed by atoms with van der Waals surface area (Å²) in [7, 11) is 1.47. The largest absolute Gasteiger partial charge is 0.469 e. The van der Waals surface area contributed by atoms with Crippen LogP contribution in [0.25, 0.3) is 0 Å². The van der Waals surface area contributed by atoms with Crippen molar-refractivity contribution < 1.29 is 9.53 Å². The molecule has 2 aliphatic rings. The molecule has 0 amide bonds. The van der Waals surface area contributed by atoms with Gasteiger partial charge in [0.25, 0.3) is 0 Å². The molecule has 2 unspecified atom stereocenters. The van der Waals surface area contributed by atoms with E-state index in [0.29, 0.717) is 0 Å². The van der Waals surface area contributed by atoms with Crippen LogP contribution in [-0.4, -0.2) is 13.1 Å². The summed E-state index contributed by atoms with van der Waals surface area (Å²) in [6.07, 6.45) is 11.5. The molecular weight excluding hydrogens is 176 g/mol. The van der Waals surface area contributed by atoms with Gasteiger partial charge in [0.1, 0.15) is 0 Å². The Morgan fingerprint density at radius 2 is 2.14 bits per heavy atom. The fourth-order valence-corrected chi connectivity index (χ4v) is 3.18. The van der Waals surface area contributed by atoms with Crippen molar-refractivity contribution in [2.45, 2.75) is 38.5 Å². The number of hydrogen-bond donors (Lipinski definition) is 0. The lowest BCUT2D eigenvalue weighted by molar-refractivity contribution is -0.154. The van der Waals surface area contributed by atoms with Gasteiger partial charge in [-0.25, -0.2) is 0 Å². The number of carbonyl (C=O) groups is 1. The van der Waals surface area contributed by atoms with E-state index in [9.17, 15) is 4.79 Å². The Labute approximate surface area is 85.0 Å². The van der Waals surface area contributed by atoms with E-state index in [1.54, 1.807) is 0 Å². The molecule has 0 aromatic heterocycles. The highest BCUT2D eigenvalue weighted by Crippen LogP contribution is 2.58. The third kappa shape index (κ3) is 1.15.